The number of amides is 1. The first kappa shape index (κ1) is 17.4. The van der Waals surface area contributed by atoms with E-state index in [-0.39, 0.29) is 11.9 Å². The highest BCUT2D eigenvalue weighted by Crippen LogP contribution is 2.31. The number of hydrogen-bond acceptors (Lipinski definition) is 5. The van der Waals surface area contributed by atoms with Crippen molar-refractivity contribution < 1.29 is 19.1 Å². The van der Waals surface area contributed by atoms with Crippen LogP contribution in [0, 0.1) is 12.3 Å². The van der Waals surface area contributed by atoms with E-state index in [1.807, 2.05) is 6.92 Å². The molecule has 0 spiro atoms. The minimum absolute atomic E-state index is 0.0360. The van der Waals surface area contributed by atoms with E-state index < -0.39 is 5.41 Å². The van der Waals surface area contributed by atoms with Gasteiger partial charge in [0.2, 0.25) is 5.91 Å². The van der Waals surface area contributed by atoms with Gasteiger partial charge < -0.3 is 20.1 Å². The topological polar surface area (TPSA) is 76.7 Å². The number of carbonyl (C=O) groups excluding carboxylic acids is 2. The summed E-state index contributed by atoms with van der Waals surface area (Å²) in [5.74, 6) is -0.416. The molecular formula is C17H24N2O4. The third-order valence-electron chi connectivity index (χ3n) is 4.35. The average molecular weight is 320 g/mol. The van der Waals surface area contributed by atoms with Crippen molar-refractivity contribution in [1.82, 2.24) is 5.32 Å². The van der Waals surface area contributed by atoms with Crippen LogP contribution in [0.2, 0.25) is 0 Å². The standard InChI is InChI=1S/C17H24N2O4/c1-12-10-13(4-5-14(12)15(20)23-3)19-16(21)17(11-22-2)6-8-18-9-7-17/h4-5,10,18H,6-9,11H2,1-3H3,(H,19,21). The number of nitrogens with one attached hydrogen (secondary N) is 2. The number of piperidine rings is 1. The Morgan fingerprint density at radius 1 is 1.26 bits per heavy atom. The quantitative estimate of drug-likeness (QED) is 0.808. The normalized spacial score (nSPS) is 16.7. The molecule has 1 aromatic rings. The molecule has 0 aromatic heterocycles. The van der Waals surface area contributed by atoms with Gasteiger partial charge in [0.15, 0.2) is 0 Å². The first-order valence-electron chi connectivity index (χ1n) is 7.72. The summed E-state index contributed by atoms with van der Waals surface area (Å²) >= 11 is 0. The summed E-state index contributed by atoms with van der Waals surface area (Å²) in [6.45, 7) is 3.82. The van der Waals surface area contributed by atoms with E-state index in [0.29, 0.717) is 17.9 Å². The van der Waals surface area contributed by atoms with Gasteiger partial charge in [-0.2, -0.15) is 0 Å². The molecule has 1 aliphatic rings. The van der Waals surface area contributed by atoms with Crippen LogP contribution in [0.25, 0.3) is 0 Å². The molecule has 0 bridgehead atoms. The lowest BCUT2D eigenvalue weighted by Gasteiger charge is -2.35. The summed E-state index contributed by atoms with van der Waals surface area (Å²) in [6, 6.07) is 5.17. The van der Waals surface area contributed by atoms with Gasteiger partial charge in [-0.05, 0) is 56.6 Å². The molecule has 1 fully saturated rings. The van der Waals surface area contributed by atoms with Crippen molar-refractivity contribution in [3.05, 3.63) is 29.3 Å². The van der Waals surface area contributed by atoms with Crippen LogP contribution in [0.15, 0.2) is 18.2 Å². The number of benzene rings is 1. The highest BCUT2D eigenvalue weighted by molar-refractivity contribution is 5.97. The van der Waals surface area contributed by atoms with Crippen LogP contribution in [0.1, 0.15) is 28.8 Å². The highest BCUT2D eigenvalue weighted by Gasteiger charge is 2.39. The average Bonchev–Trinajstić information content (AvgIpc) is 2.55. The Hall–Kier alpha value is -1.92. The predicted molar refractivity (Wildman–Crippen MR) is 87.6 cm³/mol. The lowest BCUT2D eigenvalue weighted by molar-refractivity contribution is -0.130. The number of anilines is 1. The molecule has 0 radical (unpaired) electrons. The maximum atomic E-state index is 12.8. The Labute approximate surface area is 136 Å². The highest BCUT2D eigenvalue weighted by atomic mass is 16.5. The van der Waals surface area contributed by atoms with Gasteiger partial charge in [0.25, 0.3) is 0 Å². The molecular weight excluding hydrogens is 296 g/mol. The number of esters is 1. The van der Waals surface area contributed by atoms with E-state index in [1.54, 1.807) is 25.3 Å². The van der Waals surface area contributed by atoms with Crippen molar-refractivity contribution in [2.24, 2.45) is 5.41 Å². The lowest BCUT2D eigenvalue weighted by Crippen LogP contribution is -2.47. The molecule has 23 heavy (non-hydrogen) atoms. The summed E-state index contributed by atoms with van der Waals surface area (Å²) in [4.78, 5) is 24.4. The SMILES string of the molecule is COCC1(C(=O)Nc2ccc(C(=O)OC)c(C)c2)CCNCC1. The summed E-state index contributed by atoms with van der Waals surface area (Å²) in [6.07, 6.45) is 1.48. The lowest BCUT2D eigenvalue weighted by atomic mass is 9.78. The molecule has 126 valence electrons. The zero-order chi connectivity index (χ0) is 16.9. The smallest absolute Gasteiger partial charge is 0.338 e. The number of carbonyl (C=O) groups is 2. The summed E-state index contributed by atoms with van der Waals surface area (Å²) in [7, 11) is 2.97. The molecule has 2 N–H and O–H groups in total. The van der Waals surface area contributed by atoms with Crippen LogP contribution >= 0.6 is 0 Å². The van der Waals surface area contributed by atoms with Crippen LogP contribution in [-0.2, 0) is 14.3 Å². The monoisotopic (exact) mass is 320 g/mol. The summed E-state index contributed by atoms with van der Waals surface area (Å²) in [5.41, 5.74) is 1.43. The third-order valence-corrected chi connectivity index (χ3v) is 4.35. The van der Waals surface area contributed by atoms with E-state index in [4.69, 9.17) is 9.47 Å². The predicted octanol–water partition coefficient (Wildman–Crippen LogP) is 1.74. The first-order chi connectivity index (χ1) is 11.0. The second kappa shape index (κ2) is 7.57. The fraction of sp³-hybridized carbons (Fsp3) is 0.529. The fourth-order valence-corrected chi connectivity index (χ4v) is 2.96. The van der Waals surface area contributed by atoms with E-state index in [0.717, 1.165) is 31.5 Å². The molecule has 0 unspecified atom stereocenters. The van der Waals surface area contributed by atoms with Gasteiger partial charge in [0.1, 0.15) is 0 Å². The van der Waals surface area contributed by atoms with Crippen molar-refractivity contribution in [2.45, 2.75) is 19.8 Å². The maximum absolute atomic E-state index is 12.8. The molecule has 0 atom stereocenters. The molecule has 1 amide bonds. The molecule has 1 heterocycles. The van der Waals surface area contributed by atoms with E-state index in [2.05, 4.69) is 10.6 Å². The Bertz CT molecular complexity index is 574. The van der Waals surface area contributed by atoms with Crippen molar-refractivity contribution in [3.8, 4) is 0 Å². The van der Waals surface area contributed by atoms with E-state index in [9.17, 15) is 9.59 Å². The van der Waals surface area contributed by atoms with Crippen molar-refractivity contribution in [3.63, 3.8) is 0 Å². The fourth-order valence-electron chi connectivity index (χ4n) is 2.96. The van der Waals surface area contributed by atoms with Crippen LogP contribution < -0.4 is 10.6 Å². The third kappa shape index (κ3) is 3.89. The van der Waals surface area contributed by atoms with Crippen molar-refractivity contribution >= 4 is 17.6 Å². The molecule has 0 saturated carbocycles. The number of rotatable bonds is 5. The zero-order valence-electron chi connectivity index (χ0n) is 13.9. The zero-order valence-corrected chi connectivity index (χ0v) is 13.9. The van der Waals surface area contributed by atoms with E-state index >= 15 is 0 Å². The second-order valence-electron chi connectivity index (χ2n) is 5.94. The van der Waals surface area contributed by atoms with Gasteiger partial charge in [0, 0.05) is 12.8 Å². The van der Waals surface area contributed by atoms with Crippen LogP contribution in [-0.4, -0.2) is 45.8 Å². The summed E-state index contributed by atoms with van der Waals surface area (Å²) < 4.78 is 10.0. The molecule has 1 aromatic carbocycles. The van der Waals surface area contributed by atoms with Crippen LogP contribution in [0.4, 0.5) is 5.69 Å². The largest absolute Gasteiger partial charge is 0.465 e. The Kier molecular flexibility index (Phi) is 5.74. The summed E-state index contributed by atoms with van der Waals surface area (Å²) in [5, 5.41) is 6.23. The Morgan fingerprint density at radius 3 is 2.52 bits per heavy atom. The second-order valence-corrected chi connectivity index (χ2v) is 5.94. The number of methoxy groups -OCH3 is 2. The van der Waals surface area contributed by atoms with Gasteiger partial charge in [-0.15, -0.1) is 0 Å². The Morgan fingerprint density at radius 2 is 1.96 bits per heavy atom. The molecule has 0 aliphatic carbocycles. The Balaban J connectivity index is 2.15. The number of ether oxygens (including phenoxy) is 2. The minimum atomic E-state index is -0.505. The van der Waals surface area contributed by atoms with Crippen molar-refractivity contribution in [2.75, 3.05) is 39.2 Å². The molecule has 6 heteroatoms. The van der Waals surface area contributed by atoms with Gasteiger partial charge in [-0.1, -0.05) is 0 Å². The van der Waals surface area contributed by atoms with E-state index in [1.165, 1.54) is 7.11 Å². The van der Waals surface area contributed by atoms with Gasteiger partial charge >= 0.3 is 5.97 Å². The van der Waals surface area contributed by atoms with Gasteiger partial charge in [-0.25, -0.2) is 4.79 Å². The van der Waals surface area contributed by atoms with Gasteiger partial charge in [0.05, 0.1) is 24.7 Å². The molecule has 2 rings (SSSR count). The molecule has 1 saturated heterocycles. The van der Waals surface area contributed by atoms with Crippen LogP contribution in [0.5, 0.6) is 0 Å². The minimum Gasteiger partial charge on any atom is -0.465 e. The first-order valence-corrected chi connectivity index (χ1v) is 7.72. The van der Waals surface area contributed by atoms with Crippen LogP contribution in [0.3, 0.4) is 0 Å². The van der Waals surface area contributed by atoms with Gasteiger partial charge in [-0.3, -0.25) is 4.79 Å². The molecule has 1 aliphatic heterocycles. The maximum Gasteiger partial charge on any atom is 0.338 e. The molecule has 6 nitrogen and oxygen atoms in total. The van der Waals surface area contributed by atoms with Crippen molar-refractivity contribution in [1.29, 1.82) is 0 Å². The number of hydrogen-bond donors (Lipinski definition) is 2. The number of aryl methyl sites for hydroxylation is 1.